The van der Waals surface area contributed by atoms with Crippen LogP contribution in [0, 0.1) is 0 Å². The first kappa shape index (κ1) is 15.3. The maximum Gasteiger partial charge on any atom is 0.252 e. The Morgan fingerprint density at radius 3 is 2.57 bits per heavy atom. The number of likely N-dealkylation sites (N-methyl/N-ethyl adjacent to an activating group) is 1. The Morgan fingerprint density at radius 1 is 1.19 bits per heavy atom. The Labute approximate surface area is 126 Å². The highest BCUT2D eigenvalue weighted by Crippen LogP contribution is 2.18. The predicted molar refractivity (Wildman–Crippen MR) is 86.3 cm³/mol. The molecule has 0 aliphatic rings. The Hall–Kier alpha value is -2.07. The number of nitrogens with one attached hydrogen (secondary N) is 2. The van der Waals surface area contributed by atoms with Crippen molar-refractivity contribution in [2.75, 3.05) is 26.2 Å². The first-order valence-electron chi connectivity index (χ1n) is 7.49. The largest absolute Gasteiger partial charge is 0.360 e. The summed E-state index contributed by atoms with van der Waals surface area (Å²) >= 11 is 0. The molecule has 0 bridgehead atoms. The Balaban J connectivity index is 1.91. The van der Waals surface area contributed by atoms with Crippen LogP contribution in [0.1, 0.15) is 24.2 Å². The molecular formula is C17H23N3O. The highest BCUT2D eigenvalue weighted by atomic mass is 16.1. The molecule has 0 atom stereocenters. The molecule has 0 unspecified atom stereocenters. The first-order chi connectivity index (χ1) is 10.2. The molecule has 112 valence electrons. The summed E-state index contributed by atoms with van der Waals surface area (Å²) in [6.45, 7) is 7.83. The van der Waals surface area contributed by atoms with Crippen LogP contribution in [0.2, 0.25) is 0 Å². The lowest BCUT2D eigenvalue weighted by molar-refractivity contribution is 0.0949. The zero-order chi connectivity index (χ0) is 15.1. The Bertz CT molecular complexity index is 558. The molecule has 1 heterocycles. The van der Waals surface area contributed by atoms with E-state index in [-0.39, 0.29) is 5.91 Å². The van der Waals surface area contributed by atoms with Crippen molar-refractivity contribution in [1.82, 2.24) is 15.2 Å². The minimum atomic E-state index is -0.0272. The average Bonchev–Trinajstić information content (AvgIpc) is 3.02. The van der Waals surface area contributed by atoms with E-state index in [1.807, 2.05) is 36.4 Å². The Kier molecular flexibility index (Phi) is 5.58. The predicted octanol–water partition coefficient (Wildman–Crippen LogP) is 2.75. The molecule has 1 aromatic heterocycles. The minimum absolute atomic E-state index is 0.0272. The summed E-state index contributed by atoms with van der Waals surface area (Å²) in [5.41, 5.74) is 2.72. The molecule has 0 radical (unpaired) electrons. The second-order valence-electron chi connectivity index (χ2n) is 4.95. The van der Waals surface area contributed by atoms with Crippen LogP contribution in [0.3, 0.4) is 0 Å². The number of rotatable bonds is 7. The van der Waals surface area contributed by atoms with Crippen molar-refractivity contribution in [2.24, 2.45) is 0 Å². The standard InChI is InChI=1S/C17H23N3O/c1-3-20(4-2)11-10-18-17(21)15-12-16(19-13-15)14-8-6-5-7-9-14/h5-9,12-13,19H,3-4,10-11H2,1-2H3,(H,18,21). The molecule has 4 heteroatoms. The fourth-order valence-corrected chi connectivity index (χ4v) is 2.28. The van der Waals surface area contributed by atoms with Gasteiger partial charge in [-0.3, -0.25) is 4.79 Å². The van der Waals surface area contributed by atoms with Crippen molar-refractivity contribution < 1.29 is 4.79 Å². The maximum atomic E-state index is 12.1. The second kappa shape index (κ2) is 7.64. The van der Waals surface area contributed by atoms with Crippen molar-refractivity contribution in [3.63, 3.8) is 0 Å². The fourth-order valence-electron chi connectivity index (χ4n) is 2.28. The van der Waals surface area contributed by atoms with Crippen molar-refractivity contribution in [3.8, 4) is 11.3 Å². The van der Waals surface area contributed by atoms with Crippen LogP contribution in [0.5, 0.6) is 0 Å². The normalized spacial score (nSPS) is 10.8. The zero-order valence-corrected chi connectivity index (χ0v) is 12.7. The maximum absolute atomic E-state index is 12.1. The third-order valence-corrected chi connectivity index (χ3v) is 3.64. The molecule has 2 N–H and O–H groups in total. The molecule has 1 amide bonds. The molecule has 2 rings (SSSR count). The molecular weight excluding hydrogens is 262 g/mol. The van der Waals surface area contributed by atoms with Gasteiger partial charge in [-0.05, 0) is 24.7 Å². The van der Waals surface area contributed by atoms with Crippen molar-refractivity contribution >= 4 is 5.91 Å². The number of hydrogen-bond acceptors (Lipinski definition) is 2. The number of hydrogen-bond donors (Lipinski definition) is 2. The topological polar surface area (TPSA) is 48.1 Å². The highest BCUT2D eigenvalue weighted by Gasteiger charge is 2.09. The zero-order valence-electron chi connectivity index (χ0n) is 12.7. The molecule has 1 aromatic carbocycles. The summed E-state index contributed by atoms with van der Waals surface area (Å²) < 4.78 is 0. The molecule has 0 aliphatic heterocycles. The lowest BCUT2D eigenvalue weighted by atomic mass is 10.1. The van der Waals surface area contributed by atoms with Gasteiger partial charge in [0.15, 0.2) is 0 Å². The van der Waals surface area contributed by atoms with Gasteiger partial charge < -0.3 is 15.2 Å². The van der Waals surface area contributed by atoms with Crippen LogP contribution in [0.4, 0.5) is 0 Å². The summed E-state index contributed by atoms with van der Waals surface area (Å²) in [7, 11) is 0. The summed E-state index contributed by atoms with van der Waals surface area (Å²) in [4.78, 5) is 17.5. The number of benzene rings is 1. The lowest BCUT2D eigenvalue weighted by Gasteiger charge is -2.17. The summed E-state index contributed by atoms with van der Waals surface area (Å²) in [5.74, 6) is -0.0272. The van der Waals surface area contributed by atoms with E-state index >= 15 is 0 Å². The van der Waals surface area contributed by atoms with E-state index in [0.717, 1.165) is 30.9 Å². The molecule has 0 saturated carbocycles. The monoisotopic (exact) mass is 285 g/mol. The number of amides is 1. The van der Waals surface area contributed by atoms with Gasteiger partial charge >= 0.3 is 0 Å². The van der Waals surface area contributed by atoms with Gasteiger partial charge in [0.25, 0.3) is 5.91 Å². The number of aromatic nitrogens is 1. The van der Waals surface area contributed by atoms with Gasteiger partial charge in [0, 0.05) is 25.0 Å². The van der Waals surface area contributed by atoms with Crippen LogP contribution < -0.4 is 5.32 Å². The molecule has 0 fully saturated rings. The van der Waals surface area contributed by atoms with E-state index in [2.05, 4.69) is 29.0 Å². The van der Waals surface area contributed by atoms with E-state index in [9.17, 15) is 4.79 Å². The fraction of sp³-hybridized carbons (Fsp3) is 0.353. The number of H-pyrrole nitrogens is 1. The van der Waals surface area contributed by atoms with Gasteiger partial charge in [-0.25, -0.2) is 0 Å². The molecule has 4 nitrogen and oxygen atoms in total. The van der Waals surface area contributed by atoms with Crippen molar-refractivity contribution in [1.29, 1.82) is 0 Å². The van der Waals surface area contributed by atoms with Crippen LogP contribution >= 0.6 is 0 Å². The molecule has 2 aromatic rings. The average molecular weight is 285 g/mol. The molecule has 0 spiro atoms. The van der Waals surface area contributed by atoms with Crippen LogP contribution in [-0.4, -0.2) is 42.0 Å². The number of carbonyl (C=O) groups excluding carboxylic acids is 1. The third kappa shape index (κ3) is 4.20. The van der Waals surface area contributed by atoms with Gasteiger partial charge in [-0.15, -0.1) is 0 Å². The van der Waals surface area contributed by atoms with Gasteiger partial charge in [-0.1, -0.05) is 44.2 Å². The van der Waals surface area contributed by atoms with Gasteiger partial charge in [0.1, 0.15) is 0 Å². The lowest BCUT2D eigenvalue weighted by Crippen LogP contribution is -2.34. The van der Waals surface area contributed by atoms with E-state index in [1.165, 1.54) is 0 Å². The highest BCUT2D eigenvalue weighted by molar-refractivity contribution is 5.95. The molecule has 0 saturated heterocycles. The van der Waals surface area contributed by atoms with Gasteiger partial charge in [-0.2, -0.15) is 0 Å². The Morgan fingerprint density at radius 2 is 1.90 bits per heavy atom. The van der Waals surface area contributed by atoms with Crippen LogP contribution in [0.25, 0.3) is 11.3 Å². The van der Waals surface area contributed by atoms with E-state index in [4.69, 9.17) is 0 Å². The van der Waals surface area contributed by atoms with Crippen molar-refractivity contribution in [3.05, 3.63) is 48.2 Å². The number of nitrogens with zero attached hydrogens (tertiary/aromatic N) is 1. The first-order valence-corrected chi connectivity index (χ1v) is 7.49. The van der Waals surface area contributed by atoms with Crippen LogP contribution in [-0.2, 0) is 0 Å². The summed E-state index contributed by atoms with van der Waals surface area (Å²) in [5, 5.41) is 2.96. The van der Waals surface area contributed by atoms with Gasteiger partial charge in [0.05, 0.1) is 5.56 Å². The van der Waals surface area contributed by atoms with E-state index in [0.29, 0.717) is 12.1 Å². The molecule has 21 heavy (non-hydrogen) atoms. The molecule has 0 aliphatic carbocycles. The summed E-state index contributed by atoms with van der Waals surface area (Å²) in [6, 6.07) is 11.9. The smallest absolute Gasteiger partial charge is 0.252 e. The minimum Gasteiger partial charge on any atom is -0.360 e. The number of carbonyl (C=O) groups is 1. The van der Waals surface area contributed by atoms with Crippen molar-refractivity contribution in [2.45, 2.75) is 13.8 Å². The second-order valence-corrected chi connectivity index (χ2v) is 4.95. The quantitative estimate of drug-likeness (QED) is 0.822. The SMILES string of the molecule is CCN(CC)CCNC(=O)c1c[nH]c(-c2ccccc2)c1. The van der Waals surface area contributed by atoms with E-state index < -0.39 is 0 Å². The van der Waals surface area contributed by atoms with Crippen LogP contribution in [0.15, 0.2) is 42.6 Å². The van der Waals surface area contributed by atoms with Gasteiger partial charge in [0.2, 0.25) is 0 Å². The third-order valence-electron chi connectivity index (χ3n) is 3.64. The van der Waals surface area contributed by atoms with E-state index in [1.54, 1.807) is 6.20 Å². The number of aromatic amines is 1. The summed E-state index contributed by atoms with van der Waals surface area (Å²) in [6.07, 6.45) is 1.76.